The number of halogens is 1. The molecule has 4 heteroatoms. The number of hydrogen-bond donors (Lipinski definition) is 0. The first-order chi connectivity index (χ1) is 7.22. The predicted molar refractivity (Wildman–Crippen MR) is 65.5 cm³/mol. The Morgan fingerprint density at radius 2 is 2.40 bits per heavy atom. The molecule has 2 atom stereocenters. The summed E-state index contributed by atoms with van der Waals surface area (Å²) in [5, 5.41) is 1.01. The van der Waals surface area contributed by atoms with Crippen LogP contribution in [0, 0.1) is 12.8 Å². The lowest BCUT2D eigenvalue weighted by Crippen LogP contribution is -2.34. The Balaban J connectivity index is 2.23. The molecule has 2 unspecified atom stereocenters. The summed E-state index contributed by atoms with van der Waals surface area (Å²) >= 11 is 3.59. The summed E-state index contributed by atoms with van der Waals surface area (Å²) in [6.07, 6.45) is 3.09. The molecule has 1 aliphatic heterocycles. The molecular weight excluding hydrogens is 254 g/mol. The van der Waals surface area contributed by atoms with Crippen LogP contribution in [0.1, 0.15) is 19.2 Å². The highest BCUT2D eigenvalue weighted by Gasteiger charge is 2.30. The Labute approximate surface area is 99.0 Å². The minimum atomic E-state index is 0.569. The summed E-state index contributed by atoms with van der Waals surface area (Å²) in [5.74, 6) is 2.65. The van der Waals surface area contributed by atoms with Crippen LogP contribution in [0.25, 0.3) is 0 Å². The average molecular weight is 270 g/mol. The van der Waals surface area contributed by atoms with Crippen LogP contribution in [0.4, 0.5) is 5.82 Å². The van der Waals surface area contributed by atoms with E-state index >= 15 is 0 Å². The third-order valence-electron chi connectivity index (χ3n) is 3.10. The number of hydrogen-bond acceptors (Lipinski definition) is 3. The van der Waals surface area contributed by atoms with Crippen molar-refractivity contribution in [2.75, 3.05) is 16.8 Å². The molecular formula is C11H16BrN3. The van der Waals surface area contributed by atoms with Crippen molar-refractivity contribution < 1.29 is 0 Å². The molecule has 0 aliphatic carbocycles. The Hall–Kier alpha value is -0.640. The number of alkyl halides is 1. The second-order valence-corrected chi connectivity index (χ2v) is 4.79. The monoisotopic (exact) mass is 269 g/mol. The summed E-state index contributed by atoms with van der Waals surface area (Å²) in [4.78, 5) is 11.0. The molecule has 0 saturated carbocycles. The van der Waals surface area contributed by atoms with Gasteiger partial charge in [0.2, 0.25) is 0 Å². The molecule has 2 rings (SSSR count). The van der Waals surface area contributed by atoms with E-state index in [4.69, 9.17) is 0 Å². The Morgan fingerprint density at radius 3 is 3.07 bits per heavy atom. The van der Waals surface area contributed by atoms with Crippen LogP contribution >= 0.6 is 15.9 Å². The van der Waals surface area contributed by atoms with Crippen molar-refractivity contribution in [2.24, 2.45) is 5.92 Å². The van der Waals surface area contributed by atoms with Crippen LogP contribution in [0.5, 0.6) is 0 Å². The van der Waals surface area contributed by atoms with E-state index in [-0.39, 0.29) is 0 Å². The number of rotatable bonds is 2. The molecule has 1 aromatic heterocycles. The lowest BCUT2D eigenvalue weighted by atomic mass is 10.1. The van der Waals surface area contributed by atoms with Crippen LogP contribution in [-0.2, 0) is 0 Å². The van der Waals surface area contributed by atoms with Gasteiger partial charge in [0.15, 0.2) is 0 Å². The second-order valence-electron chi connectivity index (χ2n) is 4.14. The lowest BCUT2D eigenvalue weighted by molar-refractivity contribution is 0.552. The van der Waals surface area contributed by atoms with Gasteiger partial charge in [-0.3, -0.25) is 0 Å². The molecule has 1 aliphatic rings. The summed E-state index contributed by atoms with van der Waals surface area (Å²) in [6, 6.07) is 2.57. The number of nitrogens with zero attached hydrogens (tertiary/aromatic N) is 3. The highest BCUT2D eigenvalue weighted by Crippen LogP contribution is 2.29. The molecule has 0 amide bonds. The highest BCUT2D eigenvalue weighted by atomic mass is 79.9. The van der Waals surface area contributed by atoms with Gasteiger partial charge in [-0.05, 0) is 25.3 Å². The zero-order chi connectivity index (χ0) is 10.8. The molecule has 1 fully saturated rings. The van der Waals surface area contributed by atoms with Gasteiger partial charge in [-0.1, -0.05) is 22.9 Å². The van der Waals surface area contributed by atoms with Crippen molar-refractivity contribution in [2.45, 2.75) is 26.3 Å². The second kappa shape index (κ2) is 4.47. The topological polar surface area (TPSA) is 29.0 Å². The zero-order valence-electron chi connectivity index (χ0n) is 9.15. The van der Waals surface area contributed by atoms with E-state index in [1.54, 1.807) is 0 Å². The van der Waals surface area contributed by atoms with Gasteiger partial charge in [-0.2, -0.15) is 0 Å². The normalized spacial score (nSPS) is 25.9. The molecule has 3 nitrogen and oxygen atoms in total. The van der Waals surface area contributed by atoms with Gasteiger partial charge in [0, 0.05) is 24.1 Å². The minimum Gasteiger partial charge on any atom is -0.352 e. The van der Waals surface area contributed by atoms with Gasteiger partial charge in [-0.25, -0.2) is 9.97 Å². The fourth-order valence-electron chi connectivity index (χ4n) is 2.13. The minimum absolute atomic E-state index is 0.569. The quantitative estimate of drug-likeness (QED) is 0.773. The van der Waals surface area contributed by atoms with Crippen molar-refractivity contribution in [3.8, 4) is 0 Å². The number of aromatic nitrogens is 2. The maximum atomic E-state index is 4.48. The van der Waals surface area contributed by atoms with E-state index in [1.165, 1.54) is 6.42 Å². The van der Waals surface area contributed by atoms with Gasteiger partial charge < -0.3 is 4.90 Å². The van der Waals surface area contributed by atoms with Crippen molar-refractivity contribution in [3.05, 3.63) is 18.1 Å². The third kappa shape index (κ3) is 2.14. The molecule has 82 valence electrons. The molecule has 1 saturated heterocycles. The SMILES string of the molecule is Cc1nccc(N2CCC(C)C2CBr)n1. The number of anilines is 1. The molecule has 0 aromatic carbocycles. The highest BCUT2D eigenvalue weighted by molar-refractivity contribution is 9.09. The number of aryl methyl sites for hydroxylation is 1. The van der Waals surface area contributed by atoms with E-state index in [1.807, 2.05) is 19.2 Å². The van der Waals surface area contributed by atoms with Crippen molar-refractivity contribution in [1.29, 1.82) is 0 Å². The molecule has 15 heavy (non-hydrogen) atoms. The summed E-state index contributed by atoms with van der Waals surface area (Å²) < 4.78 is 0. The Kier molecular flexibility index (Phi) is 3.24. The van der Waals surface area contributed by atoms with Crippen molar-refractivity contribution in [3.63, 3.8) is 0 Å². The Bertz CT molecular complexity index is 342. The standard InChI is InChI=1S/C11H16BrN3/c1-8-4-6-15(10(8)7-12)11-3-5-13-9(2)14-11/h3,5,8,10H,4,6-7H2,1-2H3. The van der Waals surface area contributed by atoms with Gasteiger partial charge in [0.05, 0.1) is 0 Å². The molecule has 1 aromatic rings. The molecule has 0 N–H and O–H groups in total. The van der Waals surface area contributed by atoms with E-state index in [0.717, 1.165) is 29.4 Å². The third-order valence-corrected chi connectivity index (χ3v) is 3.76. The fraction of sp³-hybridized carbons (Fsp3) is 0.636. The van der Waals surface area contributed by atoms with E-state index in [0.29, 0.717) is 6.04 Å². The largest absolute Gasteiger partial charge is 0.352 e. The van der Waals surface area contributed by atoms with Gasteiger partial charge in [0.25, 0.3) is 0 Å². The maximum Gasteiger partial charge on any atom is 0.132 e. The average Bonchev–Trinajstić information content (AvgIpc) is 2.59. The summed E-state index contributed by atoms with van der Waals surface area (Å²) in [6.45, 7) is 5.35. The summed E-state index contributed by atoms with van der Waals surface area (Å²) in [7, 11) is 0. The smallest absolute Gasteiger partial charge is 0.132 e. The van der Waals surface area contributed by atoms with Crippen LogP contribution in [-0.4, -0.2) is 27.9 Å². The van der Waals surface area contributed by atoms with Crippen LogP contribution in [0.2, 0.25) is 0 Å². The van der Waals surface area contributed by atoms with E-state index in [2.05, 4.69) is 37.7 Å². The van der Waals surface area contributed by atoms with Gasteiger partial charge in [0.1, 0.15) is 11.6 Å². The first kappa shape index (κ1) is 10.9. The van der Waals surface area contributed by atoms with Crippen LogP contribution < -0.4 is 4.90 Å². The van der Waals surface area contributed by atoms with Gasteiger partial charge >= 0.3 is 0 Å². The lowest BCUT2D eigenvalue weighted by Gasteiger charge is -2.26. The Morgan fingerprint density at radius 1 is 1.60 bits per heavy atom. The van der Waals surface area contributed by atoms with Crippen LogP contribution in [0.15, 0.2) is 12.3 Å². The molecule has 2 heterocycles. The maximum absolute atomic E-state index is 4.48. The van der Waals surface area contributed by atoms with Crippen molar-refractivity contribution >= 4 is 21.7 Å². The zero-order valence-corrected chi connectivity index (χ0v) is 10.7. The first-order valence-corrected chi connectivity index (χ1v) is 6.46. The predicted octanol–water partition coefficient (Wildman–Crippen LogP) is 2.39. The van der Waals surface area contributed by atoms with E-state index < -0.39 is 0 Å². The molecule has 0 radical (unpaired) electrons. The molecule has 0 spiro atoms. The fourth-order valence-corrected chi connectivity index (χ4v) is 3.12. The van der Waals surface area contributed by atoms with E-state index in [9.17, 15) is 0 Å². The molecule has 0 bridgehead atoms. The summed E-state index contributed by atoms with van der Waals surface area (Å²) in [5.41, 5.74) is 0. The van der Waals surface area contributed by atoms with Gasteiger partial charge in [-0.15, -0.1) is 0 Å². The van der Waals surface area contributed by atoms with Crippen LogP contribution in [0.3, 0.4) is 0 Å². The van der Waals surface area contributed by atoms with Crippen molar-refractivity contribution in [1.82, 2.24) is 9.97 Å². The first-order valence-electron chi connectivity index (χ1n) is 5.34.